The van der Waals surface area contributed by atoms with Crippen molar-refractivity contribution in [1.82, 2.24) is 9.97 Å². The lowest BCUT2D eigenvalue weighted by atomic mass is 10.1. The van der Waals surface area contributed by atoms with Gasteiger partial charge in [0.05, 0.1) is 17.1 Å². The Hall–Kier alpha value is -1.04. The van der Waals surface area contributed by atoms with Crippen molar-refractivity contribution in [2.75, 3.05) is 0 Å². The van der Waals surface area contributed by atoms with Crippen LogP contribution in [0, 0.1) is 13.8 Å². The monoisotopic (exact) mass is 364 g/mol. The maximum atomic E-state index is 4.80. The van der Waals surface area contributed by atoms with E-state index >= 15 is 0 Å². The summed E-state index contributed by atoms with van der Waals surface area (Å²) in [6.45, 7) is 4.16. The molecule has 0 aliphatic heterocycles. The molecule has 0 saturated heterocycles. The highest BCUT2D eigenvalue weighted by molar-refractivity contribution is 9.10. The van der Waals surface area contributed by atoms with Crippen molar-refractivity contribution < 1.29 is 0 Å². The first kappa shape index (κ1) is 13.9. The molecule has 3 rings (SSSR count). The number of aryl methyl sites for hydroxylation is 2. The normalized spacial score (nSPS) is 10.9. The molecule has 0 aliphatic rings. The van der Waals surface area contributed by atoms with Gasteiger partial charge in [0.25, 0.3) is 0 Å². The second kappa shape index (κ2) is 5.76. The number of benzene rings is 1. The quantitative estimate of drug-likeness (QED) is 0.635. The molecule has 0 N–H and O–H groups in total. The Balaban J connectivity index is 1.93. The highest BCUT2D eigenvalue weighted by Gasteiger charge is 2.13. The Kier molecular flexibility index (Phi) is 4.01. The summed E-state index contributed by atoms with van der Waals surface area (Å²) in [5.41, 5.74) is 3.32. The summed E-state index contributed by atoms with van der Waals surface area (Å²) in [7, 11) is 0. The van der Waals surface area contributed by atoms with Crippen molar-refractivity contribution >= 4 is 38.6 Å². The second-order valence-electron chi connectivity index (χ2n) is 4.55. The first-order valence-corrected chi connectivity index (χ1v) is 8.74. The van der Waals surface area contributed by atoms with Crippen LogP contribution in [-0.4, -0.2) is 9.97 Å². The number of nitrogens with zero attached hydrogens (tertiary/aromatic N) is 2. The standard InChI is InChI=1S/C15H13BrN2S2/c1-9-8-19-13(17-9)7-14-18-15(10(2)20-14)11-5-3-4-6-12(11)16/h3-6,8H,7H2,1-2H3. The molecule has 2 heterocycles. The Morgan fingerprint density at radius 2 is 1.90 bits per heavy atom. The largest absolute Gasteiger partial charge is 0.246 e. The van der Waals surface area contributed by atoms with Gasteiger partial charge < -0.3 is 0 Å². The van der Waals surface area contributed by atoms with Crippen LogP contribution in [0.15, 0.2) is 34.1 Å². The van der Waals surface area contributed by atoms with Gasteiger partial charge >= 0.3 is 0 Å². The number of hydrogen-bond acceptors (Lipinski definition) is 4. The number of rotatable bonds is 3. The minimum Gasteiger partial charge on any atom is -0.246 e. The molecule has 0 bridgehead atoms. The van der Waals surface area contributed by atoms with E-state index in [1.165, 1.54) is 4.88 Å². The van der Waals surface area contributed by atoms with E-state index in [9.17, 15) is 0 Å². The lowest BCUT2D eigenvalue weighted by Crippen LogP contribution is -1.87. The van der Waals surface area contributed by atoms with Crippen LogP contribution < -0.4 is 0 Å². The van der Waals surface area contributed by atoms with E-state index < -0.39 is 0 Å². The van der Waals surface area contributed by atoms with Gasteiger partial charge in [-0.25, -0.2) is 9.97 Å². The molecule has 20 heavy (non-hydrogen) atoms. The molecular formula is C15H13BrN2S2. The molecule has 0 radical (unpaired) electrons. The van der Waals surface area contributed by atoms with Gasteiger partial charge in [0.1, 0.15) is 5.01 Å². The zero-order chi connectivity index (χ0) is 14.1. The van der Waals surface area contributed by atoms with Crippen molar-refractivity contribution in [1.29, 1.82) is 0 Å². The average Bonchev–Trinajstić information content (AvgIpc) is 2.97. The van der Waals surface area contributed by atoms with E-state index in [4.69, 9.17) is 4.98 Å². The van der Waals surface area contributed by atoms with E-state index in [-0.39, 0.29) is 0 Å². The van der Waals surface area contributed by atoms with E-state index in [1.807, 2.05) is 19.1 Å². The van der Waals surface area contributed by atoms with Crippen molar-refractivity contribution in [3.8, 4) is 11.3 Å². The third-order valence-electron chi connectivity index (χ3n) is 2.94. The van der Waals surface area contributed by atoms with Gasteiger partial charge in [-0.05, 0) is 19.9 Å². The van der Waals surface area contributed by atoms with Crippen LogP contribution in [0.5, 0.6) is 0 Å². The lowest BCUT2D eigenvalue weighted by molar-refractivity contribution is 1.08. The van der Waals surface area contributed by atoms with Gasteiger partial charge in [0.2, 0.25) is 0 Å². The molecule has 0 saturated carbocycles. The molecule has 2 nitrogen and oxygen atoms in total. The zero-order valence-corrected chi connectivity index (χ0v) is 14.4. The molecule has 0 aliphatic carbocycles. The van der Waals surface area contributed by atoms with E-state index in [0.717, 1.165) is 37.9 Å². The fourth-order valence-corrected chi connectivity index (χ4v) is 4.33. The first-order valence-electron chi connectivity index (χ1n) is 6.25. The summed E-state index contributed by atoms with van der Waals surface area (Å²) in [6, 6.07) is 8.22. The van der Waals surface area contributed by atoms with Crippen LogP contribution in [0.1, 0.15) is 20.6 Å². The van der Waals surface area contributed by atoms with Crippen LogP contribution in [0.4, 0.5) is 0 Å². The molecule has 0 spiro atoms. The highest BCUT2D eigenvalue weighted by Crippen LogP contribution is 2.33. The molecule has 2 aromatic heterocycles. The fourth-order valence-electron chi connectivity index (χ4n) is 2.04. The Labute approximate surface area is 134 Å². The van der Waals surface area contributed by atoms with Crippen LogP contribution >= 0.6 is 38.6 Å². The highest BCUT2D eigenvalue weighted by atomic mass is 79.9. The lowest BCUT2D eigenvalue weighted by Gasteiger charge is -2.01. The van der Waals surface area contributed by atoms with Gasteiger partial charge in [-0.1, -0.05) is 34.1 Å². The zero-order valence-electron chi connectivity index (χ0n) is 11.2. The maximum Gasteiger partial charge on any atom is 0.100 e. The average molecular weight is 365 g/mol. The maximum absolute atomic E-state index is 4.80. The van der Waals surface area contributed by atoms with Crippen LogP contribution in [0.3, 0.4) is 0 Å². The topological polar surface area (TPSA) is 25.8 Å². The van der Waals surface area contributed by atoms with Crippen LogP contribution in [-0.2, 0) is 6.42 Å². The molecule has 0 atom stereocenters. The van der Waals surface area contributed by atoms with Crippen molar-refractivity contribution in [2.24, 2.45) is 0 Å². The molecule has 3 aromatic rings. The Morgan fingerprint density at radius 1 is 1.10 bits per heavy atom. The van der Waals surface area contributed by atoms with Gasteiger partial charge in [0, 0.05) is 26.0 Å². The summed E-state index contributed by atoms with van der Waals surface area (Å²) in [5.74, 6) is 0. The minimum atomic E-state index is 0.828. The molecule has 1 aromatic carbocycles. The summed E-state index contributed by atoms with van der Waals surface area (Å²) >= 11 is 7.06. The molecule has 5 heteroatoms. The predicted octanol–water partition coefficient (Wildman–Crippen LogP) is 5.24. The van der Waals surface area contributed by atoms with Crippen molar-refractivity contribution in [3.63, 3.8) is 0 Å². The van der Waals surface area contributed by atoms with Gasteiger partial charge in [-0.3, -0.25) is 0 Å². The van der Waals surface area contributed by atoms with Crippen molar-refractivity contribution in [3.05, 3.63) is 54.7 Å². The van der Waals surface area contributed by atoms with E-state index in [1.54, 1.807) is 22.7 Å². The van der Waals surface area contributed by atoms with Crippen LogP contribution in [0.2, 0.25) is 0 Å². The third-order valence-corrected chi connectivity index (χ3v) is 5.57. The van der Waals surface area contributed by atoms with Gasteiger partial charge in [-0.15, -0.1) is 22.7 Å². The summed E-state index contributed by atoms with van der Waals surface area (Å²) < 4.78 is 1.09. The van der Waals surface area contributed by atoms with Gasteiger partial charge in [0.15, 0.2) is 0 Å². The summed E-state index contributed by atoms with van der Waals surface area (Å²) in [5, 5.41) is 4.35. The Morgan fingerprint density at radius 3 is 2.60 bits per heavy atom. The number of aromatic nitrogens is 2. The minimum absolute atomic E-state index is 0.828. The smallest absolute Gasteiger partial charge is 0.100 e. The third kappa shape index (κ3) is 2.85. The molecule has 102 valence electrons. The predicted molar refractivity (Wildman–Crippen MR) is 89.6 cm³/mol. The van der Waals surface area contributed by atoms with E-state index in [0.29, 0.717) is 0 Å². The summed E-state index contributed by atoms with van der Waals surface area (Å²) in [6.07, 6.45) is 0.828. The molecule has 0 fully saturated rings. The molecule has 0 amide bonds. The van der Waals surface area contributed by atoms with Crippen molar-refractivity contribution in [2.45, 2.75) is 20.3 Å². The number of halogens is 1. The molecule has 0 unspecified atom stereocenters. The molecular weight excluding hydrogens is 352 g/mol. The van der Waals surface area contributed by atoms with E-state index in [2.05, 4.69) is 45.4 Å². The first-order chi connectivity index (χ1) is 9.63. The number of thiazole rings is 2. The Bertz CT molecular complexity index is 746. The number of hydrogen-bond donors (Lipinski definition) is 0. The van der Waals surface area contributed by atoms with Gasteiger partial charge in [-0.2, -0.15) is 0 Å². The summed E-state index contributed by atoms with van der Waals surface area (Å²) in [4.78, 5) is 10.6. The fraction of sp³-hybridized carbons (Fsp3) is 0.200. The SMILES string of the molecule is Cc1csc(Cc2nc(-c3ccccc3Br)c(C)s2)n1. The second-order valence-corrected chi connectivity index (χ2v) is 7.64. The van der Waals surface area contributed by atoms with Crippen LogP contribution in [0.25, 0.3) is 11.3 Å².